The molecule has 5 N–H and O–H groups in total. The molecule has 0 aromatic heterocycles. The van der Waals surface area contributed by atoms with Gasteiger partial charge in [-0.25, -0.2) is 13.6 Å². The summed E-state index contributed by atoms with van der Waals surface area (Å²) in [5, 5.41) is 7.39. The minimum absolute atomic E-state index is 0.132. The molecule has 6 nitrogen and oxygen atoms in total. The molecule has 0 aromatic rings. The van der Waals surface area contributed by atoms with E-state index in [4.69, 9.17) is 10.9 Å². The third-order valence-corrected chi connectivity index (χ3v) is 2.82. The average Bonchev–Trinajstić information content (AvgIpc) is 2.09. The average molecular weight is 251 g/mol. The van der Waals surface area contributed by atoms with Gasteiger partial charge in [-0.05, 0) is 18.8 Å². The third kappa shape index (κ3) is 8.63. The van der Waals surface area contributed by atoms with E-state index in [1.54, 1.807) is 0 Å². The van der Waals surface area contributed by atoms with Gasteiger partial charge in [0.1, 0.15) is 0 Å². The van der Waals surface area contributed by atoms with Crippen molar-refractivity contribution >= 4 is 15.9 Å². The summed E-state index contributed by atoms with van der Waals surface area (Å²) in [6, 6.07) is -0.533. The second kappa shape index (κ2) is 6.82. The summed E-state index contributed by atoms with van der Waals surface area (Å²) in [6.07, 6.45) is 0.917. The highest BCUT2D eigenvalue weighted by molar-refractivity contribution is 7.89. The molecule has 0 spiro atoms. The largest absolute Gasteiger partial charge is 0.355 e. The van der Waals surface area contributed by atoms with E-state index < -0.39 is 16.1 Å². The number of nitrogens with two attached hydrogens (primary N) is 2. The first kappa shape index (κ1) is 15.3. The number of carbonyl (C=O) groups excluding carboxylic acids is 1. The van der Waals surface area contributed by atoms with Crippen LogP contribution in [-0.2, 0) is 14.8 Å². The van der Waals surface area contributed by atoms with Gasteiger partial charge >= 0.3 is 0 Å². The van der Waals surface area contributed by atoms with Gasteiger partial charge in [0.15, 0.2) is 0 Å². The third-order valence-electron chi connectivity index (χ3n) is 1.97. The van der Waals surface area contributed by atoms with E-state index in [0.717, 1.165) is 0 Å². The highest BCUT2D eigenvalue weighted by Crippen LogP contribution is 2.02. The van der Waals surface area contributed by atoms with Crippen molar-refractivity contribution in [2.75, 3.05) is 12.3 Å². The van der Waals surface area contributed by atoms with Gasteiger partial charge < -0.3 is 11.1 Å². The fraction of sp³-hybridized carbons (Fsp3) is 0.889. The van der Waals surface area contributed by atoms with E-state index in [1.807, 2.05) is 13.8 Å². The van der Waals surface area contributed by atoms with Crippen molar-refractivity contribution in [2.24, 2.45) is 16.8 Å². The van der Waals surface area contributed by atoms with Crippen LogP contribution in [0.15, 0.2) is 0 Å². The van der Waals surface area contributed by atoms with Crippen molar-refractivity contribution in [1.29, 1.82) is 0 Å². The Balaban J connectivity index is 3.73. The van der Waals surface area contributed by atoms with Crippen molar-refractivity contribution in [3.05, 3.63) is 0 Å². The van der Waals surface area contributed by atoms with Gasteiger partial charge in [0.25, 0.3) is 0 Å². The van der Waals surface area contributed by atoms with Crippen LogP contribution in [-0.4, -0.2) is 32.7 Å². The molecule has 7 heteroatoms. The fourth-order valence-corrected chi connectivity index (χ4v) is 1.78. The minimum Gasteiger partial charge on any atom is -0.355 e. The predicted octanol–water partition coefficient (Wildman–Crippen LogP) is -0.845. The second-order valence-electron chi connectivity index (χ2n) is 4.25. The van der Waals surface area contributed by atoms with Gasteiger partial charge in [0.2, 0.25) is 15.9 Å². The lowest BCUT2D eigenvalue weighted by molar-refractivity contribution is -0.122. The van der Waals surface area contributed by atoms with Crippen molar-refractivity contribution in [3.63, 3.8) is 0 Å². The van der Waals surface area contributed by atoms with Crippen LogP contribution in [0.25, 0.3) is 0 Å². The summed E-state index contributed by atoms with van der Waals surface area (Å²) in [5.41, 5.74) is 5.63. The Kier molecular flexibility index (Phi) is 6.54. The fourth-order valence-electron chi connectivity index (χ4n) is 1.23. The first-order valence-corrected chi connectivity index (χ1v) is 6.97. The Bertz CT molecular complexity index is 314. The van der Waals surface area contributed by atoms with E-state index in [-0.39, 0.29) is 18.2 Å². The van der Waals surface area contributed by atoms with Gasteiger partial charge in [0, 0.05) is 6.54 Å². The van der Waals surface area contributed by atoms with Crippen LogP contribution in [0.4, 0.5) is 0 Å². The number of carbonyl (C=O) groups is 1. The van der Waals surface area contributed by atoms with Crippen LogP contribution >= 0.6 is 0 Å². The Hall–Kier alpha value is -0.660. The van der Waals surface area contributed by atoms with E-state index in [0.29, 0.717) is 18.8 Å². The molecule has 16 heavy (non-hydrogen) atoms. The number of hydrogen-bond donors (Lipinski definition) is 3. The highest BCUT2D eigenvalue weighted by atomic mass is 32.2. The summed E-state index contributed by atoms with van der Waals surface area (Å²) in [7, 11) is -3.44. The molecule has 0 aromatic carbocycles. The van der Waals surface area contributed by atoms with Gasteiger partial charge in [-0.2, -0.15) is 0 Å². The number of hydrogen-bond acceptors (Lipinski definition) is 4. The van der Waals surface area contributed by atoms with Crippen molar-refractivity contribution in [2.45, 2.75) is 32.7 Å². The van der Waals surface area contributed by atoms with Gasteiger partial charge in [-0.3, -0.25) is 4.79 Å². The van der Waals surface area contributed by atoms with Crippen LogP contribution in [0.5, 0.6) is 0 Å². The molecule has 0 aliphatic rings. The zero-order chi connectivity index (χ0) is 12.8. The zero-order valence-electron chi connectivity index (χ0n) is 9.77. The Morgan fingerprint density at radius 2 is 1.94 bits per heavy atom. The molecule has 1 atom stereocenters. The molecular formula is C9H21N3O3S. The summed E-state index contributed by atoms with van der Waals surface area (Å²) < 4.78 is 21.2. The van der Waals surface area contributed by atoms with Gasteiger partial charge in [0.05, 0.1) is 11.8 Å². The lowest BCUT2D eigenvalue weighted by Crippen LogP contribution is -2.42. The van der Waals surface area contributed by atoms with Crippen LogP contribution in [0, 0.1) is 5.92 Å². The molecular weight excluding hydrogens is 230 g/mol. The van der Waals surface area contributed by atoms with E-state index in [1.165, 1.54) is 0 Å². The number of primary sulfonamides is 1. The van der Waals surface area contributed by atoms with Crippen LogP contribution in [0.3, 0.4) is 0 Å². The zero-order valence-corrected chi connectivity index (χ0v) is 10.6. The van der Waals surface area contributed by atoms with Crippen molar-refractivity contribution in [1.82, 2.24) is 5.32 Å². The van der Waals surface area contributed by atoms with Gasteiger partial charge in [-0.1, -0.05) is 13.8 Å². The number of nitrogens with one attached hydrogen (secondary N) is 1. The first-order valence-electron chi connectivity index (χ1n) is 5.26. The maximum Gasteiger partial charge on any atom is 0.236 e. The molecule has 1 amide bonds. The maximum atomic E-state index is 11.4. The number of amides is 1. The lowest BCUT2D eigenvalue weighted by atomic mass is 10.0. The topological polar surface area (TPSA) is 115 Å². The molecule has 0 bridgehead atoms. The van der Waals surface area contributed by atoms with Crippen molar-refractivity contribution < 1.29 is 13.2 Å². The van der Waals surface area contributed by atoms with Crippen molar-refractivity contribution in [3.8, 4) is 0 Å². The molecule has 0 aliphatic heterocycles. The standard InChI is InChI=1S/C9H21N3O3S/c1-7(2)6-8(10)9(13)12-4-3-5-16(11,14)15/h7-8H,3-6,10H2,1-2H3,(H,12,13)(H2,11,14,15). The summed E-state index contributed by atoms with van der Waals surface area (Å²) in [6.45, 7) is 4.24. The Labute approximate surface area is 96.8 Å². The van der Waals surface area contributed by atoms with Crippen LogP contribution < -0.4 is 16.2 Å². The summed E-state index contributed by atoms with van der Waals surface area (Å²) in [4.78, 5) is 11.4. The van der Waals surface area contributed by atoms with Crippen LogP contribution in [0.1, 0.15) is 26.7 Å². The van der Waals surface area contributed by atoms with Crippen LogP contribution in [0.2, 0.25) is 0 Å². The second-order valence-corrected chi connectivity index (χ2v) is 5.98. The molecule has 0 rings (SSSR count). The van der Waals surface area contributed by atoms with E-state index in [9.17, 15) is 13.2 Å². The first-order chi connectivity index (χ1) is 7.22. The molecule has 0 saturated carbocycles. The maximum absolute atomic E-state index is 11.4. The molecule has 1 unspecified atom stereocenters. The number of sulfonamides is 1. The quantitative estimate of drug-likeness (QED) is 0.511. The van der Waals surface area contributed by atoms with E-state index >= 15 is 0 Å². The minimum atomic E-state index is -3.44. The molecule has 0 saturated heterocycles. The SMILES string of the molecule is CC(C)CC(N)C(=O)NCCCS(N)(=O)=O. The molecule has 0 aliphatic carbocycles. The van der Waals surface area contributed by atoms with Gasteiger partial charge in [-0.15, -0.1) is 0 Å². The molecule has 0 radical (unpaired) electrons. The number of rotatable bonds is 7. The predicted molar refractivity (Wildman–Crippen MR) is 63.0 cm³/mol. The molecule has 0 fully saturated rings. The Morgan fingerprint density at radius 1 is 1.38 bits per heavy atom. The monoisotopic (exact) mass is 251 g/mol. The highest BCUT2D eigenvalue weighted by Gasteiger charge is 2.14. The van der Waals surface area contributed by atoms with E-state index in [2.05, 4.69) is 5.32 Å². The Morgan fingerprint density at radius 3 is 2.38 bits per heavy atom. The normalized spacial score (nSPS) is 13.8. The summed E-state index contributed by atoms with van der Waals surface area (Å²) in [5.74, 6) is -0.0273. The molecule has 96 valence electrons. The lowest BCUT2D eigenvalue weighted by Gasteiger charge is -2.13. The molecule has 0 heterocycles. The summed E-state index contributed by atoms with van der Waals surface area (Å²) >= 11 is 0. The smallest absolute Gasteiger partial charge is 0.236 e.